The molecule has 0 unspecified atom stereocenters. The summed E-state index contributed by atoms with van der Waals surface area (Å²) in [7, 11) is 0. The molecule has 0 saturated carbocycles. The molecule has 1 heteroatoms. The van der Waals surface area contributed by atoms with Gasteiger partial charge in [-0.25, -0.2) is 4.98 Å². The number of pyridine rings is 1. The number of benzene rings is 2. The Hall–Kier alpha value is -2.15. The van der Waals surface area contributed by atoms with E-state index in [9.17, 15) is 0 Å². The van der Waals surface area contributed by atoms with Crippen LogP contribution >= 0.6 is 0 Å². The van der Waals surface area contributed by atoms with Crippen LogP contribution in [-0.2, 0) is 0 Å². The van der Waals surface area contributed by atoms with Crippen LogP contribution in [0.1, 0.15) is 11.1 Å². The predicted molar refractivity (Wildman–Crippen MR) is 76.7 cm³/mol. The maximum atomic E-state index is 4.75. The highest BCUT2D eigenvalue weighted by molar-refractivity contribution is 5.85. The maximum Gasteiger partial charge on any atom is 0.0712 e. The number of nitrogens with zero attached hydrogens (tertiary/aromatic N) is 1. The SMILES string of the molecule is Cc1ccc2nc(-c3ccccc3)cc(C)c2c1. The van der Waals surface area contributed by atoms with Gasteiger partial charge < -0.3 is 0 Å². The fourth-order valence-electron chi connectivity index (χ4n) is 2.26. The van der Waals surface area contributed by atoms with Crippen molar-refractivity contribution in [2.75, 3.05) is 0 Å². The summed E-state index contributed by atoms with van der Waals surface area (Å²) in [5.41, 5.74) is 5.84. The molecule has 0 radical (unpaired) electrons. The summed E-state index contributed by atoms with van der Waals surface area (Å²) >= 11 is 0. The molecule has 0 N–H and O–H groups in total. The van der Waals surface area contributed by atoms with E-state index in [1.54, 1.807) is 0 Å². The highest BCUT2D eigenvalue weighted by atomic mass is 14.7. The molecule has 0 amide bonds. The quantitative estimate of drug-likeness (QED) is 0.602. The van der Waals surface area contributed by atoms with Gasteiger partial charge in [0.05, 0.1) is 11.2 Å². The summed E-state index contributed by atoms with van der Waals surface area (Å²) in [5.74, 6) is 0. The highest BCUT2D eigenvalue weighted by Gasteiger charge is 2.04. The van der Waals surface area contributed by atoms with Crippen molar-refractivity contribution < 1.29 is 0 Å². The molecule has 88 valence electrons. The van der Waals surface area contributed by atoms with Gasteiger partial charge in [-0.2, -0.15) is 0 Å². The van der Waals surface area contributed by atoms with Gasteiger partial charge in [-0.15, -0.1) is 0 Å². The molecule has 1 nitrogen and oxygen atoms in total. The van der Waals surface area contributed by atoms with Crippen LogP contribution in [0.4, 0.5) is 0 Å². The van der Waals surface area contributed by atoms with E-state index >= 15 is 0 Å². The van der Waals surface area contributed by atoms with Crippen LogP contribution in [0.3, 0.4) is 0 Å². The highest BCUT2D eigenvalue weighted by Crippen LogP contribution is 2.24. The van der Waals surface area contributed by atoms with E-state index in [0.717, 1.165) is 11.2 Å². The van der Waals surface area contributed by atoms with Crippen LogP contribution < -0.4 is 0 Å². The van der Waals surface area contributed by atoms with E-state index in [1.807, 2.05) is 18.2 Å². The minimum absolute atomic E-state index is 1.05. The van der Waals surface area contributed by atoms with Crippen LogP contribution in [0.5, 0.6) is 0 Å². The second-order valence-electron chi connectivity index (χ2n) is 4.71. The summed E-state index contributed by atoms with van der Waals surface area (Å²) < 4.78 is 0. The molecular weight excluding hydrogens is 218 g/mol. The number of fused-ring (bicyclic) bond motifs is 1. The summed E-state index contributed by atoms with van der Waals surface area (Å²) in [6.45, 7) is 4.26. The van der Waals surface area contributed by atoms with Crippen LogP contribution in [0.25, 0.3) is 22.2 Å². The number of aromatic nitrogens is 1. The standard InChI is InChI=1S/C17H15N/c1-12-8-9-16-15(10-12)13(2)11-17(18-16)14-6-4-3-5-7-14/h3-11H,1-2H3. The van der Waals surface area contributed by atoms with E-state index in [0.29, 0.717) is 0 Å². The Balaban J connectivity index is 2.25. The first-order valence-corrected chi connectivity index (χ1v) is 6.17. The van der Waals surface area contributed by atoms with Crippen molar-refractivity contribution in [1.29, 1.82) is 0 Å². The van der Waals surface area contributed by atoms with E-state index < -0.39 is 0 Å². The van der Waals surface area contributed by atoms with E-state index in [4.69, 9.17) is 4.98 Å². The Morgan fingerprint density at radius 2 is 1.61 bits per heavy atom. The van der Waals surface area contributed by atoms with Gasteiger partial charge in [-0.3, -0.25) is 0 Å². The van der Waals surface area contributed by atoms with Crippen molar-refractivity contribution in [2.24, 2.45) is 0 Å². The zero-order valence-electron chi connectivity index (χ0n) is 10.6. The molecule has 3 rings (SSSR count). The Bertz CT molecular complexity index is 699. The third-order valence-corrected chi connectivity index (χ3v) is 3.24. The van der Waals surface area contributed by atoms with Crippen molar-refractivity contribution >= 4 is 10.9 Å². The molecule has 0 spiro atoms. The van der Waals surface area contributed by atoms with Gasteiger partial charge in [-0.1, -0.05) is 42.0 Å². The minimum Gasteiger partial charge on any atom is -0.248 e. The predicted octanol–water partition coefficient (Wildman–Crippen LogP) is 4.52. The van der Waals surface area contributed by atoms with Crippen molar-refractivity contribution in [1.82, 2.24) is 4.98 Å². The first-order valence-electron chi connectivity index (χ1n) is 6.17. The second-order valence-corrected chi connectivity index (χ2v) is 4.71. The lowest BCUT2D eigenvalue weighted by molar-refractivity contribution is 1.35. The zero-order chi connectivity index (χ0) is 12.5. The van der Waals surface area contributed by atoms with Crippen molar-refractivity contribution in [3.8, 4) is 11.3 Å². The largest absolute Gasteiger partial charge is 0.248 e. The molecule has 3 aromatic rings. The average molecular weight is 233 g/mol. The van der Waals surface area contributed by atoms with Crippen molar-refractivity contribution in [3.63, 3.8) is 0 Å². The molecule has 0 aliphatic carbocycles. The van der Waals surface area contributed by atoms with Gasteiger partial charge in [0.15, 0.2) is 0 Å². The summed E-state index contributed by atoms with van der Waals surface area (Å²) in [4.78, 5) is 4.75. The first kappa shape index (κ1) is 11.0. The molecule has 1 aromatic heterocycles. The molecule has 0 aliphatic rings. The molecule has 0 saturated heterocycles. The van der Waals surface area contributed by atoms with Crippen LogP contribution in [0.2, 0.25) is 0 Å². The maximum absolute atomic E-state index is 4.75. The third kappa shape index (κ3) is 1.88. The lowest BCUT2D eigenvalue weighted by Crippen LogP contribution is -1.89. The Labute approximate surface area is 107 Å². The number of hydrogen-bond acceptors (Lipinski definition) is 1. The Kier molecular flexibility index (Phi) is 2.60. The van der Waals surface area contributed by atoms with Gasteiger partial charge in [0.25, 0.3) is 0 Å². The Morgan fingerprint density at radius 1 is 0.833 bits per heavy atom. The summed E-state index contributed by atoms with van der Waals surface area (Å²) in [6, 6.07) is 18.9. The molecule has 0 aliphatic heterocycles. The molecule has 2 aromatic carbocycles. The Morgan fingerprint density at radius 3 is 2.39 bits per heavy atom. The van der Waals surface area contributed by atoms with Gasteiger partial charge in [0.1, 0.15) is 0 Å². The summed E-state index contributed by atoms with van der Waals surface area (Å²) in [6.07, 6.45) is 0. The molecule has 0 bridgehead atoms. The molecular formula is C17H15N. The number of rotatable bonds is 1. The van der Waals surface area contributed by atoms with E-state index in [2.05, 4.69) is 50.2 Å². The second kappa shape index (κ2) is 4.26. The fraction of sp³-hybridized carbons (Fsp3) is 0.118. The van der Waals surface area contributed by atoms with Crippen LogP contribution in [-0.4, -0.2) is 4.98 Å². The average Bonchev–Trinajstić information content (AvgIpc) is 2.40. The molecule has 0 fully saturated rings. The minimum atomic E-state index is 1.05. The smallest absolute Gasteiger partial charge is 0.0712 e. The normalized spacial score (nSPS) is 10.8. The topological polar surface area (TPSA) is 12.9 Å². The van der Waals surface area contributed by atoms with Crippen molar-refractivity contribution in [3.05, 3.63) is 65.7 Å². The van der Waals surface area contributed by atoms with Gasteiger partial charge in [-0.05, 0) is 37.6 Å². The van der Waals surface area contributed by atoms with E-state index in [1.165, 1.54) is 22.1 Å². The van der Waals surface area contributed by atoms with E-state index in [-0.39, 0.29) is 0 Å². The van der Waals surface area contributed by atoms with Gasteiger partial charge in [0.2, 0.25) is 0 Å². The fourth-order valence-corrected chi connectivity index (χ4v) is 2.26. The van der Waals surface area contributed by atoms with Crippen molar-refractivity contribution in [2.45, 2.75) is 13.8 Å². The third-order valence-electron chi connectivity index (χ3n) is 3.24. The van der Waals surface area contributed by atoms with Crippen LogP contribution in [0.15, 0.2) is 54.6 Å². The zero-order valence-corrected chi connectivity index (χ0v) is 10.6. The number of aryl methyl sites for hydroxylation is 2. The lowest BCUT2D eigenvalue weighted by atomic mass is 10.0. The van der Waals surface area contributed by atoms with Gasteiger partial charge >= 0.3 is 0 Å². The lowest BCUT2D eigenvalue weighted by Gasteiger charge is -2.07. The monoisotopic (exact) mass is 233 g/mol. The molecule has 18 heavy (non-hydrogen) atoms. The molecule has 1 heterocycles. The number of hydrogen-bond donors (Lipinski definition) is 0. The first-order chi connectivity index (χ1) is 8.74. The molecule has 0 atom stereocenters. The summed E-state index contributed by atoms with van der Waals surface area (Å²) in [5, 5.41) is 1.25. The van der Waals surface area contributed by atoms with Crippen LogP contribution in [0, 0.1) is 13.8 Å². The van der Waals surface area contributed by atoms with Gasteiger partial charge in [0, 0.05) is 10.9 Å².